The van der Waals surface area contributed by atoms with Gasteiger partial charge in [-0.15, -0.1) is 0 Å². The molecule has 0 radical (unpaired) electrons. The van der Waals surface area contributed by atoms with Gasteiger partial charge in [-0.25, -0.2) is 9.78 Å². The quantitative estimate of drug-likeness (QED) is 0.194. The van der Waals surface area contributed by atoms with E-state index in [1.54, 1.807) is 37.3 Å². The van der Waals surface area contributed by atoms with Crippen molar-refractivity contribution in [1.82, 2.24) is 4.98 Å². The Hall–Kier alpha value is -5.07. The third kappa shape index (κ3) is 6.77. The number of methoxy groups -OCH3 is 2. The molecule has 0 bridgehead atoms. The number of carboxylic acid groups (broad SMARTS) is 1. The molecule has 0 amide bonds. The lowest BCUT2D eigenvalue weighted by molar-refractivity contribution is -0.143. The molecule has 1 atom stereocenters. The first-order valence-electron chi connectivity index (χ1n) is 13.8. The Kier molecular flexibility index (Phi) is 8.70. The number of ether oxygens (including phenoxy) is 2. The van der Waals surface area contributed by atoms with Gasteiger partial charge in [-0.3, -0.25) is 0 Å². The molecular formula is C33H26F6N2O5. The number of rotatable bonds is 8. The molecule has 0 fully saturated rings. The number of alkyl halides is 6. The van der Waals surface area contributed by atoms with E-state index in [0.717, 1.165) is 16.7 Å². The number of hydrogen-bond donors (Lipinski definition) is 1. The van der Waals surface area contributed by atoms with Crippen LogP contribution in [-0.4, -0.2) is 36.0 Å². The number of benzene rings is 3. The van der Waals surface area contributed by atoms with Crippen molar-refractivity contribution in [2.45, 2.75) is 38.2 Å². The molecule has 240 valence electrons. The van der Waals surface area contributed by atoms with Crippen LogP contribution in [0.3, 0.4) is 0 Å². The number of nitrogens with zero attached hydrogens (tertiary/aromatic N) is 2. The third-order valence-corrected chi connectivity index (χ3v) is 7.52. The Morgan fingerprint density at radius 1 is 0.870 bits per heavy atom. The summed E-state index contributed by atoms with van der Waals surface area (Å²) in [5, 5.41) is 13.3. The summed E-state index contributed by atoms with van der Waals surface area (Å²) >= 11 is 0. The van der Waals surface area contributed by atoms with Gasteiger partial charge in [0.15, 0.2) is 6.10 Å². The summed E-state index contributed by atoms with van der Waals surface area (Å²) in [5.41, 5.74) is 1.25. The van der Waals surface area contributed by atoms with Gasteiger partial charge < -0.3 is 19.4 Å². The van der Waals surface area contributed by atoms with E-state index in [2.05, 4.69) is 10.1 Å². The van der Waals surface area contributed by atoms with Crippen LogP contribution in [0.25, 0.3) is 22.3 Å². The fourth-order valence-electron chi connectivity index (χ4n) is 5.25. The van der Waals surface area contributed by atoms with Crippen LogP contribution in [0.2, 0.25) is 0 Å². The van der Waals surface area contributed by atoms with Gasteiger partial charge in [-0.05, 0) is 77.7 Å². The molecule has 3 aromatic carbocycles. The van der Waals surface area contributed by atoms with Crippen molar-refractivity contribution < 1.29 is 50.6 Å². The number of aryl methyl sites for hydroxylation is 1. The average Bonchev–Trinajstić information content (AvgIpc) is 3.48. The summed E-state index contributed by atoms with van der Waals surface area (Å²) in [6, 6.07) is 14.9. The Bertz CT molecular complexity index is 1800. The number of oxime groups is 1. The van der Waals surface area contributed by atoms with Crippen molar-refractivity contribution in [2.24, 2.45) is 5.16 Å². The summed E-state index contributed by atoms with van der Waals surface area (Å²) in [6.45, 7) is 1.79. The van der Waals surface area contributed by atoms with Crippen LogP contribution in [0.15, 0.2) is 71.9 Å². The van der Waals surface area contributed by atoms with Gasteiger partial charge in [0.2, 0.25) is 5.88 Å². The maximum absolute atomic E-state index is 13.4. The number of hydrogen-bond acceptors (Lipinski definition) is 6. The molecule has 1 N–H and O–H groups in total. The van der Waals surface area contributed by atoms with Crippen molar-refractivity contribution in [3.8, 4) is 33.9 Å². The predicted molar refractivity (Wildman–Crippen MR) is 156 cm³/mol. The molecule has 0 saturated heterocycles. The van der Waals surface area contributed by atoms with Crippen LogP contribution >= 0.6 is 0 Å². The van der Waals surface area contributed by atoms with E-state index in [1.165, 1.54) is 20.3 Å². The van der Waals surface area contributed by atoms with E-state index in [4.69, 9.17) is 14.3 Å². The van der Waals surface area contributed by atoms with Crippen molar-refractivity contribution in [1.29, 1.82) is 0 Å². The van der Waals surface area contributed by atoms with Crippen molar-refractivity contribution in [3.05, 3.63) is 100 Å². The SMILES string of the molecule is COc1ccc(-c2cc(-c3ccc(C(=O)O)cc3C)ccc2OC)c(CC2=NO[C@H](c3cc(C(F)(F)F)cc(C(F)(F)F)c3)C2)n1. The van der Waals surface area contributed by atoms with E-state index in [-0.39, 0.29) is 35.9 Å². The van der Waals surface area contributed by atoms with E-state index >= 15 is 0 Å². The molecule has 1 aliphatic rings. The van der Waals surface area contributed by atoms with Crippen LogP contribution in [0.1, 0.15) is 50.8 Å². The highest BCUT2D eigenvalue weighted by atomic mass is 19.4. The van der Waals surface area contributed by atoms with E-state index < -0.39 is 35.6 Å². The topological polar surface area (TPSA) is 90.2 Å². The van der Waals surface area contributed by atoms with Crippen molar-refractivity contribution in [3.63, 3.8) is 0 Å². The van der Waals surface area contributed by atoms with Gasteiger partial charge in [-0.1, -0.05) is 17.3 Å². The molecule has 0 aliphatic carbocycles. The van der Waals surface area contributed by atoms with Gasteiger partial charge in [0.25, 0.3) is 0 Å². The largest absolute Gasteiger partial charge is 0.496 e. The normalized spacial score (nSPS) is 14.9. The van der Waals surface area contributed by atoms with Gasteiger partial charge in [0.05, 0.1) is 42.3 Å². The molecule has 4 aromatic rings. The molecule has 7 nitrogen and oxygen atoms in total. The lowest BCUT2D eigenvalue weighted by Gasteiger charge is -2.17. The molecule has 0 unspecified atom stereocenters. The zero-order chi connectivity index (χ0) is 33.4. The summed E-state index contributed by atoms with van der Waals surface area (Å²) in [6.07, 6.45) is -11.2. The standard InChI is InChI=1S/C33H26F6N2O5/c1-17-10-19(31(42)43)4-6-24(17)18-5-8-28(44-2)26(13-18)25-7-9-30(45-3)40-27(25)15-23-16-29(46-41-23)20-11-21(32(34,35)36)14-22(12-20)33(37,38)39/h4-14,29H,15-16H2,1-3H3,(H,42,43)/t29-/m0/s1. The number of halogens is 6. The summed E-state index contributed by atoms with van der Waals surface area (Å²) in [7, 11) is 2.92. The first kappa shape index (κ1) is 32.3. The molecule has 1 aromatic heterocycles. The highest BCUT2D eigenvalue weighted by molar-refractivity contribution is 5.91. The molecular weight excluding hydrogens is 618 g/mol. The summed E-state index contributed by atoms with van der Waals surface area (Å²) in [4.78, 5) is 21.3. The first-order chi connectivity index (χ1) is 21.7. The fourth-order valence-corrected chi connectivity index (χ4v) is 5.25. The minimum absolute atomic E-state index is 0.0356. The Morgan fingerprint density at radius 2 is 1.54 bits per heavy atom. The van der Waals surface area contributed by atoms with Gasteiger partial charge in [0.1, 0.15) is 5.75 Å². The van der Waals surface area contributed by atoms with Gasteiger partial charge in [0, 0.05) is 30.0 Å². The van der Waals surface area contributed by atoms with E-state index in [9.17, 15) is 36.2 Å². The number of pyridine rings is 1. The Labute approximate surface area is 259 Å². The molecule has 46 heavy (non-hydrogen) atoms. The van der Waals surface area contributed by atoms with Crippen LogP contribution in [0.4, 0.5) is 26.3 Å². The monoisotopic (exact) mass is 644 g/mol. The van der Waals surface area contributed by atoms with Crippen LogP contribution in [0.5, 0.6) is 11.6 Å². The van der Waals surface area contributed by atoms with Crippen LogP contribution in [-0.2, 0) is 23.6 Å². The maximum atomic E-state index is 13.4. The molecule has 1 aliphatic heterocycles. The van der Waals surface area contributed by atoms with Crippen molar-refractivity contribution >= 4 is 11.7 Å². The number of carboxylic acids is 1. The predicted octanol–water partition coefficient (Wildman–Crippen LogP) is 8.54. The lowest BCUT2D eigenvalue weighted by atomic mass is 9.92. The minimum Gasteiger partial charge on any atom is -0.496 e. The van der Waals surface area contributed by atoms with Crippen LogP contribution in [0, 0.1) is 6.92 Å². The van der Waals surface area contributed by atoms with Crippen molar-refractivity contribution in [2.75, 3.05) is 14.2 Å². The van der Waals surface area contributed by atoms with E-state index in [0.29, 0.717) is 40.4 Å². The highest BCUT2D eigenvalue weighted by Gasteiger charge is 2.38. The lowest BCUT2D eigenvalue weighted by Crippen LogP contribution is -2.13. The number of aromatic nitrogens is 1. The Morgan fingerprint density at radius 3 is 2.13 bits per heavy atom. The zero-order valence-corrected chi connectivity index (χ0v) is 24.6. The van der Waals surface area contributed by atoms with Crippen LogP contribution < -0.4 is 9.47 Å². The number of carbonyl (C=O) groups is 1. The second kappa shape index (κ2) is 12.4. The summed E-state index contributed by atoms with van der Waals surface area (Å²) in [5.74, 6) is -0.297. The third-order valence-electron chi connectivity index (χ3n) is 7.52. The second-order valence-corrected chi connectivity index (χ2v) is 10.6. The average molecular weight is 645 g/mol. The molecule has 0 spiro atoms. The van der Waals surface area contributed by atoms with E-state index in [1.807, 2.05) is 12.1 Å². The molecule has 5 rings (SSSR count). The summed E-state index contributed by atoms with van der Waals surface area (Å²) < 4.78 is 91.6. The molecule has 0 saturated carbocycles. The Balaban J connectivity index is 1.49. The zero-order valence-electron chi connectivity index (χ0n) is 24.6. The van der Waals surface area contributed by atoms with Gasteiger partial charge >= 0.3 is 18.3 Å². The minimum atomic E-state index is -5.00. The molecule has 2 heterocycles. The first-order valence-corrected chi connectivity index (χ1v) is 13.8. The number of aromatic carboxylic acids is 1. The maximum Gasteiger partial charge on any atom is 0.416 e. The van der Waals surface area contributed by atoms with Gasteiger partial charge in [-0.2, -0.15) is 26.3 Å². The smallest absolute Gasteiger partial charge is 0.416 e. The fraction of sp³-hybridized carbons (Fsp3) is 0.242. The second-order valence-electron chi connectivity index (χ2n) is 10.6. The molecule has 13 heteroatoms. The highest BCUT2D eigenvalue weighted by Crippen LogP contribution is 2.41.